The van der Waals surface area contributed by atoms with E-state index in [4.69, 9.17) is 56.8 Å². The first-order valence-corrected chi connectivity index (χ1v) is 24.1. The van der Waals surface area contributed by atoms with Crippen LogP contribution in [0.25, 0.3) is 165 Å². The third-order valence-electron chi connectivity index (χ3n) is 13.3. The summed E-state index contributed by atoms with van der Waals surface area (Å²) in [5.41, 5.74) is -10.1. The van der Waals surface area contributed by atoms with E-state index in [1.807, 2.05) is 0 Å². The molecule has 0 saturated heterocycles. The molecule has 0 bridgehead atoms. The Labute approximate surface area is 542 Å². The van der Waals surface area contributed by atoms with Gasteiger partial charge in [-0.05, 0) is 157 Å². The Balaban J connectivity index is 0.000000193. The Morgan fingerprint density at radius 3 is 1.16 bits per heavy atom. The fraction of sp³-hybridized carbons (Fsp3) is 0. The molecule has 2 heterocycles. The Bertz CT molecular complexity index is 8150. The third-order valence-corrected chi connectivity index (χ3v) is 13.3. The molecular formula is C80H50O2. The minimum atomic E-state index is -0.963. The first-order chi connectivity index (χ1) is 61.1. The highest BCUT2D eigenvalue weighted by atomic mass is 16.3. The van der Waals surface area contributed by atoms with Crippen LogP contribution >= 0.6 is 0 Å². The molecule has 0 N–H and O–H groups in total. The highest BCUT2D eigenvalue weighted by molar-refractivity contribution is 6.27. The van der Waals surface area contributed by atoms with Crippen LogP contribution in [0.5, 0.6) is 0 Å². The zero-order valence-electron chi connectivity index (χ0n) is 89.9. The predicted octanol–water partition coefficient (Wildman–Crippen LogP) is 22.9. The summed E-state index contributed by atoms with van der Waals surface area (Å²) in [4.78, 5) is 0. The number of furan rings is 2. The second kappa shape index (κ2) is 19.5. The lowest BCUT2D eigenvalue weighted by atomic mass is 9.85. The highest BCUT2D eigenvalue weighted by Gasteiger charge is 2.23. The molecule has 2 heteroatoms. The first-order valence-electron chi connectivity index (χ1n) is 48.6. The van der Waals surface area contributed by atoms with Crippen molar-refractivity contribution in [2.45, 2.75) is 0 Å². The molecule has 17 rings (SSSR count). The number of benzene rings is 15. The van der Waals surface area contributed by atoms with Crippen molar-refractivity contribution in [3.63, 3.8) is 0 Å². The zero-order valence-corrected chi connectivity index (χ0v) is 40.9. The van der Waals surface area contributed by atoms with Gasteiger partial charge in [0.05, 0.1) is 67.2 Å². The average molecular weight is 1090 g/mol. The van der Waals surface area contributed by atoms with E-state index in [2.05, 4.69) is 0 Å². The minimum Gasteiger partial charge on any atom is -0.456 e. The molecule has 0 saturated carbocycles. The summed E-state index contributed by atoms with van der Waals surface area (Å²) < 4.78 is 446. The van der Waals surface area contributed by atoms with Crippen molar-refractivity contribution in [2.24, 2.45) is 0 Å². The van der Waals surface area contributed by atoms with Crippen LogP contribution in [0.15, 0.2) is 311 Å². The van der Waals surface area contributed by atoms with Gasteiger partial charge in [-0.3, -0.25) is 0 Å². The molecule has 82 heavy (non-hydrogen) atoms. The maximum absolute atomic E-state index is 9.50. The van der Waals surface area contributed by atoms with Gasteiger partial charge in [-0.1, -0.05) is 266 Å². The molecule has 0 spiro atoms. The van der Waals surface area contributed by atoms with Crippen LogP contribution < -0.4 is 0 Å². The average Bonchev–Trinajstić information content (AvgIpc) is 1.65. The smallest absolute Gasteiger partial charge is 0.136 e. The summed E-state index contributed by atoms with van der Waals surface area (Å²) in [5.74, 6) is 0. The van der Waals surface area contributed by atoms with Gasteiger partial charge in [0.15, 0.2) is 0 Å². The molecule has 0 atom stereocenters. The summed E-state index contributed by atoms with van der Waals surface area (Å²) in [6.07, 6.45) is 0. The number of rotatable bonds is 6. The minimum absolute atomic E-state index is 0.395. The van der Waals surface area contributed by atoms with Crippen LogP contribution in [0.4, 0.5) is 0 Å². The van der Waals surface area contributed by atoms with E-state index in [1.54, 1.807) is 0 Å². The van der Waals surface area contributed by atoms with Crippen molar-refractivity contribution in [3.8, 4) is 66.8 Å². The van der Waals surface area contributed by atoms with Gasteiger partial charge in [0.2, 0.25) is 0 Å². The Hall–Kier alpha value is -10.8. The summed E-state index contributed by atoms with van der Waals surface area (Å²) >= 11 is 0. The van der Waals surface area contributed by atoms with E-state index >= 15 is 0 Å². The molecule has 0 aliphatic carbocycles. The van der Waals surface area contributed by atoms with E-state index in [9.17, 15) is 19.2 Å². The van der Waals surface area contributed by atoms with Gasteiger partial charge in [-0.15, -0.1) is 0 Å². The predicted molar refractivity (Wildman–Crippen MR) is 348 cm³/mol. The molecular weight excluding hydrogens is 993 g/mol. The maximum atomic E-state index is 9.50. The molecule has 2 nitrogen and oxygen atoms in total. The van der Waals surface area contributed by atoms with Crippen LogP contribution in [0.2, 0.25) is 0 Å². The third kappa shape index (κ3) is 7.72. The second-order valence-electron chi connectivity index (χ2n) is 17.6. The van der Waals surface area contributed by atoms with E-state index in [0.717, 1.165) is 6.07 Å². The molecule has 0 unspecified atom stereocenters. The van der Waals surface area contributed by atoms with E-state index in [0.29, 0.717) is 0 Å². The first kappa shape index (κ1) is 19.2. The van der Waals surface area contributed by atoms with Crippen molar-refractivity contribution in [3.05, 3.63) is 302 Å². The molecule has 382 valence electrons. The summed E-state index contributed by atoms with van der Waals surface area (Å²) in [5, 5.41) is -8.44. The number of hydrogen-bond acceptors (Lipinski definition) is 2. The highest BCUT2D eigenvalue weighted by Crippen LogP contribution is 2.49. The Morgan fingerprint density at radius 2 is 0.610 bits per heavy atom. The van der Waals surface area contributed by atoms with Crippen molar-refractivity contribution in [1.82, 2.24) is 0 Å². The van der Waals surface area contributed by atoms with Gasteiger partial charge in [0, 0.05) is 21.5 Å². The molecule has 0 amide bonds. The van der Waals surface area contributed by atoms with Crippen molar-refractivity contribution in [2.75, 3.05) is 0 Å². The quantitative estimate of drug-likeness (QED) is 0.155. The molecule has 17 aromatic rings. The van der Waals surface area contributed by atoms with Crippen LogP contribution in [-0.2, 0) is 0 Å². The topological polar surface area (TPSA) is 26.3 Å². The molecule has 0 aliphatic heterocycles. The van der Waals surface area contributed by atoms with Crippen molar-refractivity contribution >= 4 is 97.7 Å². The summed E-state index contributed by atoms with van der Waals surface area (Å²) in [7, 11) is 0. The number of fused-ring (bicyclic) bond motifs is 11. The lowest BCUT2D eigenvalue weighted by Crippen LogP contribution is -1.91. The molecule has 0 radical (unpaired) electrons. The van der Waals surface area contributed by atoms with Crippen molar-refractivity contribution < 1.29 is 76.0 Å². The van der Waals surface area contributed by atoms with Crippen LogP contribution in [0.1, 0.15) is 67.2 Å². The van der Waals surface area contributed by atoms with Crippen molar-refractivity contribution in [1.29, 1.82) is 0 Å². The molecule has 0 fully saturated rings. The monoisotopic (exact) mass is 1090 g/mol. The van der Waals surface area contributed by atoms with E-state index in [1.165, 1.54) is 0 Å². The zero-order chi connectivity index (χ0) is 96.7. The second-order valence-corrected chi connectivity index (χ2v) is 17.6. The SMILES string of the molecule is [2H]c1c([2H])c([2H])c(-c2c3c([2H])c([2H])c([2H])c([2H])c3c(-c3c([2H])c([2H])c([2H])c4oc5c([2H])c(-c6c([2H])c([2H])c([2H])c7c([2H])c([2H])c([2H])c([2H])c67)c([2H])c([2H])c5c34)c3c([2H])c([2H])c([2H])c([2H])c23)c([2H])c1[2H].[2H]c1cc(-c2c([2H])c([2H])c3oc4c([2H])c([2H])c([2H])c(-c5c6c([2H])c([2H])c([2H])c([2H])c6c(-c6c([2H])c([2H])c([2H])c([2H])c6[2H])c6c([2H])c([2H])c([2H])c([2H])c56)c4c3c2[2H])c([2H])c([2H])c1[2H]. The molecule has 2 aromatic heterocycles. The van der Waals surface area contributed by atoms with Gasteiger partial charge in [0.25, 0.3) is 0 Å². The fourth-order valence-corrected chi connectivity index (χ4v) is 9.95. The van der Waals surface area contributed by atoms with Crippen LogP contribution in [0.3, 0.4) is 0 Å². The summed E-state index contributed by atoms with van der Waals surface area (Å²) in [6.45, 7) is 0. The number of hydrogen-bond donors (Lipinski definition) is 0. The van der Waals surface area contributed by atoms with E-state index in [-0.39, 0.29) is 0 Å². The fourth-order valence-electron chi connectivity index (χ4n) is 9.95. The standard InChI is InChI=1S/C42H26O.C38H24O/c1-2-13-28(14-3-1)40-32-17-6-8-19-34(32)41(35-20-9-7-18-33(35)40)37-22-11-23-38-42(37)36-25-24-29(26-39(36)43-38)31-21-10-15-27-12-4-5-16-30(27)31;1-3-12-25(13-4-1)27-22-23-34-33(24-27)38-32(20-11-21-35(38)39-34)37-30-18-9-7-16-28(30)36(26-14-5-2-6-15-26)29-17-8-10-19-31(29)37/h1-26H;1-24H/i1D,2D,3D,4D,5D,6D,7D,8D,9D,10D,11D,12D,13D,14D,15D,16D,17D,18D,19D,20D,21D,22D,23D,24D,25D,26D;1D,2D,3D,4D,5D,6D,7D,8D,9D,10D,11D,12D,14D,15D,16D,17D,18D,19D,20D,21D,22D,23D,24D. The molecule has 15 aromatic carbocycles. The van der Waals surface area contributed by atoms with Gasteiger partial charge in [0.1, 0.15) is 22.3 Å². The van der Waals surface area contributed by atoms with E-state index < -0.39 is 461 Å². The molecule has 0 aliphatic rings. The maximum Gasteiger partial charge on any atom is 0.136 e. The Morgan fingerprint density at radius 1 is 0.207 bits per heavy atom. The van der Waals surface area contributed by atoms with Gasteiger partial charge < -0.3 is 8.83 Å². The summed E-state index contributed by atoms with van der Waals surface area (Å²) in [6, 6.07) is -41.7. The lowest BCUT2D eigenvalue weighted by molar-refractivity contribution is 0.668. The largest absolute Gasteiger partial charge is 0.456 e. The van der Waals surface area contributed by atoms with Crippen LogP contribution in [-0.4, -0.2) is 0 Å². The lowest BCUT2D eigenvalue weighted by Gasteiger charge is -2.18. The van der Waals surface area contributed by atoms with Gasteiger partial charge in [-0.25, -0.2) is 0 Å². The normalized spacial score (nSPS) is 20.0. The van der Waals surface area contributed by atoms with Crippen LogP contribution in [0, 0.1) is 0 Å². The Kier molecular flexibility index (Phi) is 4.57. The van der Waals surface area contributed by atoms with Gasteiger partial charge >= 0.3 is 0 Å². The van der Waals surface area contributed by atoms with Gasteiger partial charge in [-0.2, -0.15) is 0 Å².